The van der Waals surface area contributed by atoms with Gasteiger partial charge in [0.15, 0.2) is 16.4 Å². The molecule has 1 atom stereocenters. The van der Waals surface area contributed by atoms with E-state index in [0.717, 1.165) is 34.4 Å². The third kappa shape index (κ3) is 3.64. The molecule has 2 aromatic carbocycles. The molecule has 1 saturated carbocycles. The number of aromatic nitrogens is 1. The van der Waals surface area contributed by atoms with Gasteiger partial charge in [-0.1, -0.05) is 35.5 Å². The van der Waals surface area contributed by atoms with Crippen LogP contribution >= 0.6 is 0 Å². The summed E-state index contributed by atoms with van der Waals surface area (Å²) in [5.74, 6) is 1.50. The molecule has 1 unspecified atom stereocenters. The van der Waals surface area contributed by atoms with Crippen LogP contribution in [0.1, 0.15) is 64.1 Å². The average molecular weight is 394 g/mol. The lowest BCUT2D eigenvalue weighted by Gasteiger charge is -2.17. The van der Waals surface area contributed by atoms with Crippen molar-refractivity contribution < 1.29 is 13.9 Å². The fraction of sp³-hybridized carbons (Fsp3) is 0.304. The van der Waals surface area contributed by atoms with Gasteiger partial charge < -0.3 is 9.08 Å². The quantitative estimate of drug-likeness (QED) is 0.427. The number of ketones is 1. The van der Waals surface area contributed by atoms with E-state index in [2.05, 4.69) is 5.16 Å². The Balaban J connectivity index is 1.80. The van der Waals surface area contributed by atoms with Crippen molar-refractivity contribution in [2.75, 3.05) is 5.75 Å². The number of nitrogens with zero attached hydrogens (tertiary/aromatic N) is 1. The van der Waals surface area contributed by atoms with Crippen LogP contribution in [0.15, 0.2) is 58.1 Å². The summed E-state index contributed by atoms with van der Waals surface area (Å²) in [6.07, 6.45) is 4.24. The second-order valence-corrected chi connectivity index (χ2v) is 8.93. The van der Waals surface area contributed by atoms with Crippen molar-refractivity contribution in [1.82, 2.24) is 5.16 Å². The summed E-state index contributed by atoms with van der Waals surface area (Å²) in [5.41, 5.74) is 4.17. The maximum atomic E-state index is 13.4. The summed E-state index contributed by atoms with van der Waals surface area (Å²) in [7, 11) is 0. The van der Waals surface area contributed by atoms with Crippen LogP contribution in [-0.2, 0) is 17.6 Å². The lowest BCUT2D eigenvalue weighted by molar-refractivity contribution is 0.103. The molecule has 1 heterocycles. The first kappa shape index (κ1) is 19.0. The minimum atomic E-state index is -1.07. The number of carbonyl (C=O) groups is 1. The molecule has 3 aromatic rings. The largest absolute Gasteiger partial charge is 0.611 e. The third-order valence-corrected chi connectivity index (χ3v) is 6.77. The first-order chi connectivity index (χ1) is 13.6. The van der Waals surface area contributed by atoms with Crippen LogP contribution in [0.3, 0.4) is 0 Å². The highest BCUT2D eigenvalue weighted by Gasteiger charge is 2.33. The van der Waals surface area contributed by atoms with Gasteiger partial charge in [-0.15, -0.1) is 0 Å². The molecule has 0 spiro atoms. The second-order valence-electron chi connectivity index (χ2n) is 7.22. The molecule has 5 heteroatoms. The zero-order chi connectivity index (χ0) is 19.7. The molecule has 0 amide bonds. The summed E-state index contributed by atoms with van der Waals surface area (Å²) in [6, 6.07) is 13.7. The van der Waals surface area contributed by atoms with E-state index in [9.17, 15) is 9.35 Å². The Kier molecular flexibility index (Phi) is 5.38. The predicted octanol–water partition coefficient (Wildman–Crippen LogP) is 4.81. The Morgan fingerprint density at radius 2 is 1.93 bits per heavy atom. The van der Waals surface area contributed by atoms with Crippen LogP contribution in [0.25, 0.3) is 0 Å². The Morgan fingerprint density at radius 3 is 2.61 bits per heavy atom. The Hall–Kier alpha value is -2.37. The van der Waals surface area contributed by atoms with Crippen LogP contribution in [0.4, 0.5) is 0 Å². The molecule has 1 aromatic heterocycles. The van der Waals surface area contributed by atoms with Crippen LogP contribution in [0.5, 0.6) is 0 Å². The number of hydrogen-bond donors (Lipinski definition) is 0. The van der Waals surface area contributed by atoms with Crippen LogP contribution < -0.4 is 0 Å². The molecule has 28 heavy (non-hydrogen) atoms. The maximum absolute atomic E-state index is 13.4. The monoisotopic (exact) mass is 393 g/mol. The van der Waals surface area contributed by atoms with Crippen molar-refractivity contribution in [3.8, 4) is 0 Å². The Morgan fingerprint density at radius 1 is 1.18 bits per heavy atom. The fourth-order valence-electron chi connectivity index (χ4n) is 3.58. The zero-order valence-electron chi connectivity index (χ0n) is 16.1. The number of hydrogen-bond acceptors (Lipinski definition) is 4. The van der Waals surface area contributed by atoms with E-state index >= 15 is 0 Å². The normalized spacial score (nSPS) is 14.8. The molecule has 0 radical (unpaired) electrons. The summed E-state index contributed by atoms with van der Waals surface area (Å²) >= 11 is -1.07. The highest BCUT2D eigenvalue weighted by atomic mass is 32.2. The molecule has 144 valence electrons. The Labute approximate surface area is 168 Å². The van der Waals surface area contributed by atoms with Gasteiger partial charge in [0.05, 0.1) is 11.8 Å². The highest BCUT2D eigenvalue weighted by molar-refractivity contribution is 7.91. The van der Waals surface area contributed by atoms with Crippen molar-refractivity contribution >= 4 is 17.0 Å². The van der Waals surface area contributed by atoms with Crippen LogP contribution in [0.2, 0.25) is 0 Å². The van der Waals surface area contributed by atoms with E-state index in [4.69, 9.17) is 4.52 Å². The second kappa shape index (κ2) is 7.94. The molecule has 0 bridgehead atoms. The van der Waals surface area contributed by atoms with Gasteiger partial charge in [-0.3, -0.25) is 4.79 Å². The summed E-state index contributed by atoms with van der Waals surface area (Å²) in [5, 5.41) is 3.88. The lowest BCUT2D eigenvalue weighted by Crippen LogP contribution is -2.13. The molecular formula is C23H23NO3S. The molecule has 1 fully saturated rings. The van der Waals surface area contributed by atoms with Crippen molar-refractivity contribution in [3.05, 3.63) is 82.2 Å². The molecule has 0 saturated heterocycles. The van der Waals surface area contributed by atoms with Gasteiger partial charge in [0.25, 0.3) is 0 Å². The molecular weight excluding hydrogens is 370 g/mol. The SMILES string of the molecule is CC[S+]([O-])c1ccc(C(=O)c2cnoc2C2CC2)c(Cc2ccccc2)c1C. The van der Waals surface area contributed by atoms with Gasteiger partial charge in [-0.2, -0.15) is 0 Å². The molecule has 1 aliphatic carbocycles. The standard InChI is InChI=1S/C23H23NO3S/c1-3-28(26)21-12-11-18(19(15(21)2)13-16-7-5-4-6-8-16)22(25)20-14-24-27-23(20)17-9-10-17/h4-8,11-12,14,17H,3,9-10,13H2,1-2H3. The zero-order valence-corrected chi connectivity index (χ0v) is 16.9. The number of rotatable bonds is 7. The molecule has 0 aliphatic heterocycles. The van der Waals surface area contributed by atoms with Crippen molar-refractivity contribution in [2.45, 2.75) is 43.9 Å². The minimum Gasteiger partial charge on any atom is -0.611 e. The van der Waals surface area contributed by atoms with E-state index in [1.165, 1.54) is 6.20 Å². The summed E-state index contributed by atoms with van der Waals surface area (Å²) in [6.45, 7) is 3.87. The van der Waals surface area contributed by atoms with Gasteiger partial charge in [-0.25, -0.2) is 0 Å². The summed E-state index contributed by atoms with van der Waals surface area (Å²) in [4.78, 5) is 14.2. The first-order valence-corrected chi connectivity index (χ1v) is 11.0. The van der Waals surface area contributed by atoms with E-state index in [1.54, 1.807) is 0 Å². The fourth-order valence-corrected chi connectivity index (χ4v) is 4.58. The van der Waals surface area contributed by atoms with Gasteiger partial charge in [0, 0.05) is 17.0 Å². The van der Waals surface area contributed by atoms with Crippen molar-refractivity contribution in [1.29, 1.82) is 0 Å². The van der Waals surface area contributed by atoms with Gasteiger partial charge in [0.1, 0.15) is 5.75 Å². The van der Waals surface area contributed by atoms with Crippen molar-refractivity contribution in [2.24, 2.45) is 0 Å². The third-order valence-electron chi connectivity index (χ3n) is 5.32. The van der Waals surface area contributed by atoms with Crippen LogP contribution in [0, 0.1) is 6.92 Å². The van der Waals surface area contributed by atoms with Gasteiger partial charge in [-0.05, 0) is 67.5 Å². The van der Waals surface area contributed by atoms with E-state index in [0.29, 0.717) is 35.0 Å². The molecule has 4 rings (SSSR count). The van der Waals surface area contributed by atoms with E-state index in [1.807, 2.05) is 56.3 Å². The molecule has 1 aliphatic rings. The van der Waals surface area contributed by atoms with E-state index in [-0.39, 0.29) is 5.78 Å². The minimum absolute atomic E-state index is 0.0639. The molecule has 0 N–H and O–H groups in total. The predicted molar refractivity (Wildman–Crippen MR) is 109 cm³/mol. The maximum Gasteiger partial charge on any atom is 0.198 e. The summed E-state index contributed by atoms with van der Waals surface area (Å²) < 4.78 is 17.9. The van der Waals surface area contributed by atoms with Gasteiger partial charge in [0.2, 0.25) is 0 Å². The topological polar surface area (TPSA) is 66.2 Å². The first-order valence-electron chi connectivity index (χ1n) is 9.64. The average Bonchev–Trinajstić information content (AvgIpc) is 3.45. The smallest absolute Gasteiger partial charge is 0.198 e. The highest BCUT2D eigenvalue weighted by Crippen LogP contribution is 2.42. The van der Waals surface area contributed by atoms with Gasteiger partial charge >= 0.3 is 0 Å². The Bertz CT molecular complexity index is 992. The lowest BCUT2D eigenvalue weighted by atomic mass is 9.91. The number of benzene rings is 2. The molecule has 4 nitrogen and oxygen atoms in total. The number of carbonyl (C=O) groups excluding carboxylic acids is 1. The van der Waals surface area contributed by atoms with E-state index < -0.39 is 11.2 Å². The van der Waals surface area contributed by atoms with Crippen LogP contribution in [-0.4, -0.2) is 21.2 Å². The van der Waals surface area contributed by atoms with Crippen molar-refractivity contribution in [3.63, 3.8) is 0 Å².